The van der Waals surface area contributed by atoms with Crippen molar-refractivity contribution in [3.8, 4) is 0 Å². The lowest BCUT2D eigenvalue weighted by Crippen LogP contribution is -2.24. The van der Waals surface area contributed by atoms with Gasteiger partial charge in [-0.3, -0.25) is 14.2 Å². The van der Waals surface area contributed by atoms with Crippen LogP contribution in [-0.4, -0.2) is 48.0 Å². The van der Waals surface area contributed by atoms with E-state index >= 15 is 0 Å². The van der Waals surface area contributed by atoms with E-state index in [0.717, 1.165) is 16.1 Å². The molecule has 31 heavy (non-hydrogen) atoms. The van der Waals surface area contributed by atoms with Crippen molar-refractivity contribution in [3.05, 3.63) is 58.2 Å². The first-order valence-electron chi connectivity index (χ1n) is 9.20. The Morgan fingerprint density at radius 2 is 2.10 bits per heavy atom. The third kappa shape index (κ3) is 4.90. The fraction of sp³-hybridized carbons (Fsp3) is 0.250. The fourth-order valence-corrected chi connectivity index (χ4v) is 5.57. The van der Waals surface area contributed by atoms with Gasteiger partial charge in [-0.05, 0) is 36.1 Å². The average molecular weight is 479 g/mol. The minimum absolute atomic E-state index is 0.00407. The summed E-state index contributed by atoms with van der Waals surface area (Å²) in [7, 11) is -0.722. The first-order valence-corrected chi connectivity index (χ1v) is 12.5. The zero-order valence-corrected chi connectivity index (χ0v) is 19.7. The van der Waals surface area contributed by atoms with Crippen molar-refractivity contribution in [1.29, 1.82) is 0 Å². The van der Waals surface area contributed by atoms with Gasteiger partial charge in [0.05, 0.1) is 16.0 Å². The first kappa shape index (κ1) is 23.2. The molecular formula is C20H22N4O4S3. The molecule has 2 aromatic heterocycles. The number of allylic oxidation sites excluding steroid dienone is 1. The molecule has 1 N–H and O–H groups in total. The molecule has 3 rings (SSSR count). The molecular weight excluding hydrogens is 456 g/mol. The number of hydrogen-bond donors (Lipinski definition) is 1. The Labute approximate surface area is 188 Å². The third-order valence-corrected chi connectivity index (χ3v) is 8.16. The highest BCUT2D eigenvalue weighted by Gasteiger charge is 2.20. The Morgan fingerprint density at radius 3 is 2.77 bits per heavy atom. The summed E-state index contributed by atoms with van der Waals surface area (Å²) in [6, 6.07) is 6.47. The van der Waals surface area contributed by atoms with Gasteiger partial charge < -0.3 is 5.32 Å². The predicted octanol–water partition coefficient (Wildman–Crippen LogP) is 2.93. The van der Waals surface area contributed by atoms with Crippen molar-refractivity contribution in [2.75, 3.05) is 25.2 Å². The molecule has 0 aliphatic carbocycles. The van der Waals surface area contributed by atoms with Gasteiger partial charge in [-0.25, -0.2) is 17.7 Å². The van der Waals surface area contributed by atoms with Crippen LogP contribution in [0.15, 0.2) is 57.1 Å². The molecule has 0 aliphatic rings. The van der Waals surface area contributed by atoms with Gasteiger partial charge in [0.2, 0.25) is 15.9 Å². The molecule has 0 aliphatic heterocycles. The quantitative estimate of drug-likeness (QED) is 0.303. The number of carbonyl (C=O) groups excluding carboxylic acids is 1. The van der Waals surface area contributed by atoms with Gasteiger partial charge in [0, 0.05) is 26.3 Å². The highest BCUT2D eigenvalue weighted by atomic mass is 32.2. The number of nitrogens with one attached hydrogen (secondary N) is 1. The maximum absolute atomic E-state index is 12.7. The number of fused-ring (bicyclic) bond motifs is 1. The molecule has 0 saturated carbocycles. The van der Waals surface area contributed by atoms with E-state index in [1.165, 1.54) is 36.1 Å². The molecule has 0 atom stereocenters. The second-order valence-corrected chi connectivity index (χ2v) is 10.8. The number of benzene rings is 1. The Balaban J connectivity index is 1.79. The normalized spacial score (nSPS) is 11.7. The molecule has 0 radical (unpaired) electrons. The summed E-state index contributed by atoms with van der Waals surface area (Å²) in [5.74, 6) is -0.336. The monoisotopic (exact) mass is 478 g/mol. The number of nitrogens with zero attached hydrogens (tertiary/aromatic N) is 3. The molecule has 1 amide bonds. The van der Waals surface area contributed by atoms with Gasteiger partial charge in [-0.2, -0.15) is 0 Å². The first-order chi connectivity index (χ1) is 14.6. The minimum atomic E-state index is -3.63. The SMILES string of the molecule is C=CCn1c(SCC(=O)Nc2ccc(C)c(S(=O)(=O)N(C)C)c2)nc2sccc2c1=O. The van der Waals surface area contributed by atoms with Crippen molar-refractivity contribution in [3.63, 3.8) is 0 Å². The summed E-state index contributed by atoms with van der Waals surface area (Å²) >= 11 is 2.50. The Bertz CT molecular complexity index is 1310. The lowest BCUT2D eigenvalue weighted by Gasteiger charge is -2.15. The third-order valence-electron chi connectivity index (χ3n) is 4.42. The Kier molecular flexibility index (Phi) is 6.99. The zero-order chi connectivity index (χ0) is 22.8. The number of rotatable bonds is 8. The molecule has 3 aromatic rings. The molecule has 0 saturated heterocycles. The van der Waals surface area contributed by atoms with Gasteiger partial charge in [-0.1, -0.05) is 23.9 Å². The molecule has 0 fully saturated rings. The highest BCUT2D eigenvalue weighted by Crippen LogP contribution is 2.24. The van der Waals surface area contributed by atoms with Gasteiger partial charge in [0.25, 0.3) is 5.56 Å². The fourth-order valence-electron chi connectivity index (χ4n) is 2.81. The van der Waals surface area contributed by atoms with Crippen LogP contribution >= 0.6 is 23.1 Å². The second kappa shape index (κ2) is 9.35. The minimum Gasteiger partial charge on any atom is -0.325 e. The van der Waals surface area contributed by atoms with Crippen LogP contribution in [0.4, 0.5) is 5.69 Å². The van der Waals surface area contributed by atoms with E-state index in [4.69, 9.17) is 0 Å². The summed E-state index contributed by atoms with van der Waals surface area (Å²) in [4.78, 5) is 30.4. The molecule has 0 spiro atoms. The van der Waals surface area contributed by atoms with E-state index in [9.17, 15) is 18.0 Å². The average Bonchev–Trinajstić information content (AvgIpc) is 3.19. The van der Waals surface area contributed by atoms with E-state index in [-0.39, 0.29) is 28.7 Å². The summed E-state index contributed by atoms with van der Waals surface area (Å²) in [5, 5.41) is 5.48. The number of amides is 1. The van der Waals surface area contributed by atoms with Crippen molar-refractivity contribution >= 4 is 54.9 Å². The summed E-state index contributed by atoms with van der Waals surface area (Å²) in [6.45, 7) is 5.66. The molecule has 164 valence electrons. The topological polar surface area (TPSA) is 101 Å². The number of sulfonamides is 1. The van der Waals surface area contributed by atoms with E-state index in [1.807, 2.05) is 0 Å². The maximum Gasteiger partial charge on any atom is 0.263 e. The van der Waals surface area contributed by atoms with Crippen molar-refractivity contribution in [2.45, 2.75) is 23.5 Å². The lowest BCUT2D eigenvalue weighted by atomic mass is 10.2. The van der Waals surface area contributed by atoms with E-state index < -0.39 is 10.0 Å². The standard InChI is InChI=1S/C20H22N4O4S3/c1-5-9-24-19(26)15-8-10-29-18(15)22-20(24)30-12-17(25)21-14-7-6-13(2)16(11-14)31(27,28)23(3)4/h5-8,10-11H,1,9,12H2,2-4H3,(H,21,25). The van der Waals surface area contributed by atoms with E-state index in [0.29, 0.717) is 26.6 Å². The highest BCUT2D eigenvalue weighted by molar-refractivity contribution is 7.99. The van der Waals surface area contributed by atoms with Crippen LogP contribution in [-0.2, 0) is 21.4 Å². The van der Waals surface area contributed by atoms with Crippen LogP contribution in [0.2, 0.25) is 0 Å². The summed E-state index contributed by atoms with van der Waals surface area (Å²) in [5.41, 5.74) is 0.788. The largest absolute Gasteiger partial charge is 0.325 e. The number of aryl methyl sites for hydroxylation is 1. The molecule has 1 aromatic carbocycles. The second-order valence-electron chi connectivity index (χ2n) is 6.84. The molecule has 11 heteroatoms. The van der Waals surface area contributed by atoms with Crippen LogP contribution in [0, 0.1) is 6.92 Å². The summed E-state index contributed by atoms with van der Waals surface area (Å²) < 4.78 is 27.6. The van der Waals surface area contributed by atoms with Crippen LogP contribution in [0.25, 0.3) is 10.2 Å². The van der Waals surface area contributed by atoms with Gasteiger partial charge >= 0.3 is 0 Å². The van der Waals surface area contributed by atoms with Gasteiger partial charge in [0.1, 0.15) is 4.83 Å². The molecule has 0 bridgehead atoms. The number of anilines is 1. The smallest absolute Gasteiger partial charge is 0.263 e. The number of aromatic nitrogens is 2. The van der Waals surface area contributed by atoms with Crippen LogP contribution in [0.1, 0.15) is 5.56 Å². The Morgan fingerprint density at radius 1 is 1.35 bits per heavy atom. The van der Waals surface area contributed by atoms with E-state index in [1.54, 1.807) is 36.6 Å². The zero-order valence-electron chi connectivity index (χ0n) is 17.3. The molecule has 0 unspecified atom stereocenters. The van der Waals surface area contributed by atoms with Gasteiger partial charge in [0.15, 0.2) is 5.16 Å². The molecule has 2 heterocycles. The number of carbonyl (C=O) groups is 1. The predicted molar refractivity (Wildman–Crippen MR) is 125 cm³/mol. The number of thioether (sulfide) groups is 1. The van der Waals surface area contributed by atoms with Crippen LogP contribution in [0.5, 0.6) is 0 Å². The lowest BCUT2D eigenvalue weighted by molar-refractivity contribution is -0.113. The number of thiophene rings is 1. The van der Waals surface area contributed by atoms with Crippen molar-refractivity contribution in [2.24, 2.45) is 0 Å². The molecule has 8 nitrogen and oxygen atoms in total. The van der Waals surface area contributed by atoms with Crippen molar-refractivity contribution < 1.29 is 13.2 Å². The summed E-state index contributed by atoms with van der Waals surface area (Å²) in [6.07, 6.45) is 1.60. The Hall–Kier alpha value is -2.47. The maximum atomic E-state index is 12.7. The number of hydrogen-bond acceptors (Lipinski definition) is 7. The van der Waals surface area contributed by atoms with Crippen molar-refractivity contribution in [1.82, 2.24) is 13.9 Å². The van der Waals surface area contributed by atoms with Gasteiger partial charge in [-0.15, -0.1) is 17.9 Å². The van der Waals surface area contributed by atoms with E-state index in [2.05, 4.69) is 16.9 Å². The van der Waals surface area contributed by atoms with Crippen LogP contribution in [0.3, 0.4) is 0 Å². The van der Waals surface area contributed by atoms with Crippen LogP contribution < -0.4 is 10.9 Å².